The van der Waals surface area contributed by atoms with E-state index in [2.05, 4.69) is 41.5 Å². The summed E-state index contributed by atoms with van der Waals surface area (Å²) in [6.07, 6.45) is 1.81. The van der Waals surface area contributed by atoms with Gasteiger partial charge in [-0.2, -0.15) is 0 Å². The van der Waals surface area contributed by atoms with Gasteiger partial charge in [0.15, 0.2) is 0 Å². The minimum Gasteiger partial charge on any atom is -0.507 e. The molecular formula is C20H34O3P2. The maximum absolute atomic E-state index is 12.7. The Morgan fingerprint density at radius 1 is 0.840 bits per heavy atom. The molecule has 0 saturated heterocycles. The Morgan fingerprint density at radius 3 is 1.40 bits per heavy atom. The molecule has 0 unspecified atom stereocenters. The molecule has 1 aromatic carbocycles. The Bertz CT molecular complexity index is 719. The normalized spacial score (nSPS) is 13.7. The third-order valence-electron chi connectivity index (χ3n) is 4.15. The molecule has 0 radical (unpaired) electrons. The van der Waals surface area contributed by atoms with Crippen LogP contribution in [0.2, 0.25) is 0 Å². The van der Waals surface area contributed by atoms with Crippen LogP contribution in [-0.2, 0) is 20.0 Å². The molecule has 0 aliphatic heterocycles. The van der Waals surface area contributed by atoms with E-state index in [-0.39, 0.29) is 10.8 Å². The molecule has 0 heterocycles. The van der Waals surface area contributed by atoms with Crippen molar-refractivity contribution < 1.29 is 14.2 Å². The summed E-state index contributed by atoms with van der Waals surface area (Å²) in [4.78, 5) is 0. The first kappa shape index (κ1) is 22.3. The van der Waals surface area contributed by atoms with Gasteiger partial charge >= 0.3 is 0 Å². The van der Waals surface area contributed by atoms with E-state index in [1.54, 1.807) is 26.7 Å². The average Bonchev–Trinajstić information content (AvgIpc) is 2.31. The molecule has 0 amide bonds. The van der Waals surface area contributed by atoms with Gasteiger partial charge in [0.05, 0.1) is 0 Å². The monoisotopic (exact) mass is 384 g/mol. The van der Waals surface area contributed by atoms with Gasteiger partial charge in [0.2, 0.25) is 0 Å². The zero-order chi connectivity index (χ0) is 20.0. The predicted octanol–water partition coefficient (Wildman–Crippen LogP) is 6.53. The number of rotatable bonds is 3. The summed E-state index contributed by atoms with van der Waals surface area (Å²) < 4.78 is 25.4. The van der Waals surface area contributed by atoms with Gasteiger partial charge in [0.1, 0.15) is 20.0 Å². The molecule has 1 rings (SSSR count). The summed E-state index contributed by atoms with van der Waals surface area (Å²) in [7, 11) is -5.30. The Morgan fingerprint density at radius 2 is 1.16 bits per heavy atom. The number of phenolic OH excluding ortho intramolecular Hbond substituents is 1. The maximum Gasteiger partial charge on any atom is 0.123 e. The fourth-order valence-corrected chi connectivity index (χ4v) is 8.48. The number of hydrogen-bond acceptors (Lipinski definition) is 3. The number of phenols is 1. The highest BCUT2D eigenvalue weighted by Gasteiger charge is 2.29. The smallest absolute Gasteiger partial charge is 0.123 e. The van der Waals surface area contributed by atoms with Gasteiger partial charge in [-0.05, 0) is 61.3 Å². The second-order valence-corrected chi connectivity index (χ2v) is 16.4. The molecule has 1 N–H and O–H groups in total. The summed E-state index contributed by atoms with van der Waals surface area (Å²) in [5.41, 5.74) is 2.05. The van der Waals surface area contributed by atoms with Gasteiger partial charge in [0.25, 0.3) is 0 Å². The van der Waals surface area contributed by atoms with Crippen molar-refractivity contribution in [1.82, 2.24) is 0 Å². The lowest BCUT2D eigenvalue weighted by molar-refractivity contribution is 0.423. The largest absolute Gasteiger partial charge is 0.507 e. The molecule has 0 fully saturated rings. The molecule has 0 aromatic heterocycles. The van der Waals surface area contributed by atoms with Crippen LogP contribution in [0.4, 0.5) is 0 Å². The quantitative estimate of drug-likeness (QED) is 0.603. The minimum absolute atomic E-state index is 0.238. The number of benzene rings is 1. The van der Waals surface area contributed by atoms with Gasteiger partial charge in [-0.3, -0.25) is 0 Å². The lowest BCUT2D eigenvalue weighted by atomic mass is 9.78. The van der Waals surface area contributed by atoms with Crippen molar-refractivity contribution in [3.05, 3.63) is 33.9 Å². The number of aromatic hydroxyl groups is 1. The highest BCUT2D eigenvalue weighted by atomic mass is 31.2. The van der Waals surface area contributed by atoms with Gasteiger partial charge in [-0.25, -0.2) is 0 Å². The van der Waals surface area contributed by atoms with Crippen LogP contribution in [0, 0.1) is 0 Å². The van der Waals surface area contributed by atoms with Gasteiger partial charge in [-0.1, -0.05) is 41.5 Å². The van der Waals surface area contributed by atoms with Crippen LogP contribution < -0.4 is 0 Å². The molecule has 0 aliphatic carbocycles. The first-order valence-corrected chi connectivity index (χ1v) is 13.8. The van der Waals surface area contributed by atoms with Gasteiger partial charge in [-0.15, -0.1) is 0 Å². The Balaban J connectivity index is 3.86. The zero-order valence-corrected chi connectivity index (χ0v) is 19.2. The van der Waals surface area contributed by atoms with Crippen LogP contribution in [0.25, 0.3) is 6.08 Å². The molecule has 5 heteroatoms. The van der Waals surface area contributed by atoms with Crippen molar-refractivity contribution >= 4 is 20.4 Å². The number of hydrogen-bond donors (Lipinski definition) is 1. The molecule has 0 saturated carbocycles. The van der Waals surface area contributed by atoms with E-state index >= 15 is 0 Å². The summed E-state index contributed by atoms with van der Waals surface area (Å²) >= 11 is 0. The summed E-state index contributed by atoms with van der Waals surface area (Å²) in [5, 5.41) is 11.3. The van der Waals surface area contributed by atoms with Gasteiger partial charge in [0, 0.05) is 16.2 Å². The summed E-state index contributed by atoms with van der Waals surface area (Å²) in [5.74, 6) is 0.311. The van der Waals surface area contributed by atoms with Crippen LogP contribution in [-0.4, -0.2) is 31.8 Å². The fourth-order valence-electron chi connectivity index (χ4n) is 2.92. The van der Waals surface area contributed by atoms with E-state index in [4.69, 9.17) is 0 Å². The van der Waals surface area contributed by atoms with Crippen LogP contribution in [0.15, 0.2) is 17.2 Å². The Labute approximate surface area is 153 Å². The lowest BCUT2D eigenvalue weighted by Gasteiger charge is -2.28. The average molecular weight is 384 g/mol. The summed E-state index contributed by atoms with van der Waals surface area (Å²) in [6, 6.07) is 3.85. The van der Waals surface area contributed by atoms with E-state index in [0.717, 1.165) is 16.7 Å². The molecular weight excluding hydrogens is 350 g/mol. The molecule has 25 heavy (non-hydrogen) atoms. The highest BCUT2D eigenvalue weighted by molar-refractivity contribution is 7.86. The highest BCUT2D eigenvalue weighted by Crippen LogP contribution is 2.65. The van der Waals surface area contributed by atoms with Crippen molar-refractivity contribution in [3.8, 4) is 5.75 Å². The maximum atomic E-state index is 12.7. The van der Waals surface area contributed by atoms with E-state index in [9.17, 15) is 14.2 Å². The van der Waals surface area contributed by atoms with Gasteiger partial charge < -0.3 is 14.2 Å². The van der Waals surface area contributed by atoms with E-state index in [1.807, 2.05) is 18.2 Å². The molecule has 142 valence electrons. The third-order valence-corrected chi connectivity index (χ3v) is 9.50. The van der Waals surface area contributed by atoms with E-state index in [1.165, 1.54) is 0 Å². The Kier molecular flexibility index (Phi) is 6.01. The predicted molar refractivity (Wildman–Crippen MR) is 112 cm³/mol. The second-order valence-electron chi connectivity index (χ2n) is 9.67. The molecule has 0 spiro atoms. The molecule has 0 bridgehead atoms. The lowest BCUT2D eigenvalue weighted by Crippen LogP contribution is -2.17. The topological polar surface area (TPSA) is 54.4 Å². The van der Waals surface area contributed by atoms with E-state index < -0.39 is 14.3 Å². The first-order chi connectivity index (χ1) is 10.8. The molecule has 0 atom stereocenters. The summed E-state index contributed by atoms with van der Waals surface area (Å²) in [6.45, 7) is 19.0. The van der Waals surface area contributed by atoms with Crippen molar-refractivity contribution in [2.45, 2.75) is 52.4 Å². The van der Waals surface area contributed by atoms with E-state index in [0.29, 0.717) is 10.8 Å². The fraction of sp³-hybridized carbons (Fsp3) is 0.600. The van der Waals surface area contributed by atoms with Crippen molar-refractivity contribution in [2.24, 2.45) is 0 Å². The van der Waals surface area contributed by atoms with Crippen LogP contribution >= 0.6 is 14.3 Å². The SMILES string of the molecule is CC(C)(C)c1cc(C=C(P(C)(C)=O)P(C)(C)=O)cc(C(C)(C)C)c1O. The molecule has 1 aromatic rings. The molecule has 0 aliphatic rings. The third kappa shape index (κ3) is 5.60. The second kappa shape index (κ2) is 6.75. The van der Waals surface area contributed by atoms with Crippen molar-refractivity contribution in [3.63, 3.8) is 0 Å². The molecule has 3 nitrogen and oxygen atoms in total. The van der Waals surface area contributed by atoms with Crippen LogP contribution in [0.3, 0.4) is 0 Å². The van der Waals surface area contributed by atoms with Crippen LogP contribution in [0.1, 0.15) is 58.2 Å². The zero-order valence-electron chi connectivity index (χ0n) is 17.4. The van der Waals surface area contributed by atoms with Crippen LogP contribution in [0.5, 0.6) is 5.75 Å². The van der Waals surface area contributed by atoms with Crippen molar-refractivity contribution in [1.29, 1.82) is 0 Å². The standard InChI is InChI=1S/C20H34O3P2/c1-19(2,3)15-11-14(12-16(18(15)21)20(4,5)6)13-17(24(7,8)22)25(9,10)23/h11-13,21H,1-10H3. The Hall–Kier alpha value is -0.780. The first-order valence-electron chi connectivity index (χ1n) is 8.56. The minimum atomic E-state index is -2.65. The van der Waals surface area contributed by atoms with Crippen molar-refractivity contribution in [2.75, 3.05) is 26.7 Å².